The van der Waals surface area contributed by atoms with E-state index < -0.39 is 23.6 Å². The summed E-state index contributed by atoms with van der Waals surface area (Å²) in [6, 6.07) is 12.0. The Morgan fingerprint density at radius 1 is 1.07 bits per heavy atom. The molecule has 9 heteroatoms. The van der Waals surface area contributed by atoms with E-state index in [2.05, 4.69) is 5.10 Å². The summed E-state index contributed by atoms with van der Waals surface area (Å²) in [5.74, 6) is -2.31. The van der Waals surface area contributed by atoms with Crippen molar-refractivity contribution in [3.63, 3.8) is 0 Å². The first-order chi connectivity index (χ1) is 12.8. The van der Waals surface area contributed by atoms with Crippen LogP contribution in [0.15, 0.2) is 53.6 Å². The number of anilines is 1. The largest absolute Gasteiger partial charge is 0.416 e. The van der Waals surface area contributed by atoms with Gasteiger partial charge in [-0.3, -0.25) is 9.59 Å². The first kappa shape index (κ1) is 20.4. The molecule has 2 aromatic rings. The maximum Gasteiger partial charge on any atom is 0.416 e. The summed E-state index contributed by atoms with van der Waals surface area (Å²) in [7, 11) is 0. The summed E-state index contributed by atoms with van der Waals surface area (Å²) in [5.41, 5.74) is 1.78. The van der Waals surface area contributed by atoms with Crippen LogP contribution < -0.4 is 10.7 Å². The molecule has 0 heterocycles. The molecule has 0 bridgehead atoms. The molecule has 5 nitrogen and oxygen atoms in total. The van der Waals surface area contributed by atoms with E-state index in [4.69, 9.17) is 11.6 Å². The molecular formula is C18H15ClF3N3O2. The molecule has 27 heavy (non-hydrogen) atoms. The molecule has 2 aromatic carbocycles. The minimum Gasteiger partial charge on any atom is -0.316 e. The average molecular weight is 398 g/mol. The molecule has 0 aliphatic carbocycles. The molecule has 2 amide bonds. The number of rotatable bonds is 5. The van der Waals surface area contributed by atoms with Crippen LogP contribution in [-0.2, 0) is 22.2 Å². The molecule has 2 rings (SSSR count). The van der Waals surface area contributed by atoms with Crippen molar-refractivity contribution >= 4 is 35.3 Å². The number of hydrogen-bond acceptors (Lipinski definition) is 3. The van der Waals surface area contributed by atoms with Crippen molar-refractivity contribution in [2.24, 2.45) is 5.10 Å². The number of nitrogens with one attached hydrogen (secondary N) is 2. The third-order valence-corrected chi connectivity index (χ3v) is 3.74. The van der Waals surface area contributed by atoms with Crippen LogP contribution in [-0.4, -0.2) is 18.0 Å². The van der Waals surface area contributed by atoms with Gasteiger partial charge < -0.3 is 5.32 Å². The zero-order chi connectivity index (χ0) is 19.9. The Morgan fingerprint density at radius 2 is 1.78 bits per heavy atom. The molecule has 0 spiro atoms. The zero-order valence-electron chi connectivity index (χ0n) is 13.9. The van der Waals surface area contributed by atoms with E-state index in [9.17, 15) is 22.8 Å². The Balaban J connectivity index is 1.87. The van der Waals surface area contributed by atoms with Crippen LogP contribution >= 0.6 is 11.6 Å². The highest BCUT2D eigenvalue weighted by atomic mass is 35.5. The predicted octanol–water partition coefficient (Wildman–Crippen LogP) is 4.03. The number of carbonyl (C=O) groups excluding carboxylic acids is 2. The summed E-state index contributed by atoms with van der Waals surface area (Å²) >= 11 is 5.76. The molecular weight excluding hydrogens is 383 g/mol. The van der Waals surface area contributed by atoms with Gasteiger partial charge in [0.15, 0.2) is 0 Å². The van der Waals surface area contributed by atoms with E-state index in [1.807, 2.05) is 41.1 Å². The van der Waals surface area contributed by atoms with Crippen LogP contribution in [0.4, 0.5) is 18.9 Å². The third-order valence-electron chi connectivity index (χ3n) is 3.41. The molecule has 0 aromatic heterocycles. The van der Waals surface area contributed by atoms with Crippen molar-refractivity contribution < 1.29 is 22.8 Å². The molecule has 0 atom stereocenters. The van der Waals surface area contributed by atoms with Gasteiger partial charge in [-0.25, -0.2) is 5.43 Å². The van der Waals surface area contributed by atoms with Gasteiger partial charge in [0, 0.05) is 6.21 Å². The van der Waals surface area contributed by atoms with E-state index in [1.165, 1.54) is 6.21 Å². The van der Waals surface area contributed by atoms with Gasteiger partial charge in [0.2, 0.25) is 0 Å². The lowest BCUT2D eigenvalue weighted by molar-refractivity contribution is -0.137. The summed E-state index contributed by atoms with van der Waals surface area (Å²) in [6.07, 6.45) is -1.94. The van der Waals surface area contributed by atoms with Gasteiger partial charge in [0.1, 0.15) is 0 Å². The Morgan fingerprint density at radius 3 is 2.44 bits per heavy atom. The molecule has 2 N–H and O–H groups in total. The monoisotopic (exact) mass is 397 g/mol. The lowest BCUT2D eigenvalue weighted by Gasteiger charge is -2.11. The van der Waals surface area contributed by atoms with E-state index in [1.54, 1.807) is 0 Å². The standard InChI is InChI=1S/C18H15ClF3N3O2/c19-14-9-8-13(18(20,21)22)11-15(14)24-16(26)17(27)25-23-10-4-7-12-5-2-1-3-6-12/h1-3,5-6,8-11H,4,7H2,(H,24,26)(H,25,27)/b23-10+. The van der Waals surface area contributed by atoms with Gasteiger partial charge in [-0.15, -0.1) is 0 Å². The quantitative estimate of drug-likeness (QED) is 0.454. The summed E-state index contributed by atoms with van der Waals surface area (Å²) in [6.45, 7) is 0. The van der Waals surface area contributed by atoms with Crippen molar-refractivity contribution in [2.75, 3.05) is 5.32 Å². The molecule has 0 fully saturated rings. The Kier molecular flexibility index (Phi) is 6.95. The molecule has 0 unspecified atom stereocenters. The number of benzene rings is 2. The van der Waals surface area contributed by atoms with Crippen LogP contribution in [0.2, 0.25) is 5.02 Å². The molecule has 0 aliphatic rings. The Bertz CT molecular complexity index is 839. The first-order valence-electron chi connectivity index (χ1n) is 7.81. The summed E-state index contributed by atoms with van der Waals surface area (Å²) < 4.78 is 38.1. The van der Waals surface area contributed by atoms with Crippen LogP contribution in [0.25, 0.3) is 0 Å². The lowest BCUT2D eigenvalue weighted by Crippen LogP contribution is -2.32. The Labute approximate surface area is 158 Å². The van der Waals surface area contributed by atoms with Crippen LogP contribution in [0, 0.1) is 0 Å². The van der Waals surface area contributed by atoms with Crippen molar-refractivity contribution in [1.82, 2.24) is 5.43 Å². The fourth-order valence-electron chi connectivity index (χ4n) is 2.07. The van der Waals surface area contributed by atoms with Gasteiger partial charge in [0.05, 0.1) is 16.3 Å². The molecule has 0 radical (unpaired) electrons. The van der Waals surface area contributed by atoms with Crippen LogP contribution in [0.1, 0.15) is 17.5 Å². The smallest absolute Gasteiger partial charge is 0.316 e. The number of halogens is 4. The zero-order valence-corrected chi connectivity index (χ0v) is 14.6. The molecule has 0 saturated carbocycles. The number of amides is 2. The minimum absolute atomic E-state index is 0.129. The van der Waals surface area contributed by atoms with Crippen molar-refractivity contribution in [3.8, 4) is 0 Å². The second-order valence-electron chi connectivity index (χ2n) is 5.42. The highest BCUT2D eigenvalue weighted by molar-refractivity contribution is 6.41. The highest BCUT2D eigenvalue weighted by Crippen LogP contribution is 2.33. The molecule has 0 aliphatic heterocycles. The number of hydrogen-bond donors (Lipinski definition) is 2. The fourth-order valence-corrected chi connectivity index (χ4v) is 2.24. The van der Waals surface area contributed by atoms with Gasteiger partial charge >= 0.3 is 18.0 Å². The number of alkyl halides is 3. The topological polar surface area (TPSA) is 70.6 Å². The van der Waals surface area contributed by atoms with E-state index in [0.29, 0.717) is 18.9 Å². The van der Waals surface area contributed by atoms with Crippen LogP contribution in [0.5, 0.6) is 0 Å². The van der Waals surface area contributed by atoms with Gasteiger partial charge in [-0.05, 0) is 36.6 Å². The van der Waals surface area contributed by atoms with E-state index >= 15 is 0 Å². The number of nitrogens with zero attached hydrogens (tertiary/aromatic N) is 1. The normalized spacial score (nSPS) is 11.4. The van der Waals surface area contributed by atoms with E-state index in [0.717, 1.165) is 17.7 Å². The van der Waals surface area contributed by atoms with Gasteiger partial charge in [0.25, 0.3) is 0 Å². The van der Waals surface area contributed by atoms with E-state index in [-0.39, 0.29) is 10.7 Å². The predicted molar refractivity (Wildman–Crippen MR) is 96.5 cm³/mol. The molecule has 142 valence electrons. The van der Waals surface area contributed by atoms with Crippen LogP contribution in [0.3, 0.4) is 0 Å². The van der Waals surface area contributed by atoms with Crippen molar-refractivity contribution in [3.05, 3.63) is 64.7 Å². The Hall–Kier alpha value is -2.87. The fraction of sp³-hybridized carbons (Fsp3) is 0.167. The second kappa shape index (κ2) is 9.18. The maximum atomic E-state index is 12.7. The second-order valence-corrected chi connectivity index (χ2v) is 5.83. The summed E-state index contributed by atoms with van der Waals surface area (Å²) in [5, 5.41) is 5.53. The average Bonchev–Trinajstić information content (AvgIpc) is 2.63. The SMILES string of the molecule is O=C(N/N=C/CCc1ccccc1)C(=O)Nc1cc(C(F)(F)F)ccc1Cl. The highest BCUT2D eigenvalue weighted by Gasteiger charge is 2.31. The first-order valence-corrected chi connectivity index (χ1v) is 8.18. The number of hydrazone groups is 1. The third kappa shape index (κ3) is 6.41. The van der Waals surface area contributed by atoms with Gasteiger partial charge in [-0.1, -0.05) is 41.9 Å². The summed E-state index contributed by atoms with van der Waals surface area (Å²) in [4.78, 5) is 23.4. The lowest BCUT2D eigenvalue weighted by atomic mass is 10.1. The van der Waals surface area contributed by atoms with Gasteiger partial charge in [-0.2, -0.15) is 18.3 Å². The van der Waals surface area contributed by atoms with Crippen molar-refractivity contribution in [2.45, 2.75) is 19.0 Å². The number of aryl methyl sites for hydroxylation is 1. The maximum absolute atomic E-state index is 12.7. The minimum atomic E-state index is -4.60. The number of carbonyl (C=O) groups is 2. The van der Waals surface area contributed by atoms with Crippen molar-refractivity contribution in [1.29, 1.82) is 0 Å². The molecule has 0 saturated heterocycles.